The standard InChI is InChI=1S/C19H22N2O6S2/c1-24-12-11-21-17-15(26-3)9-10-16(27-4)18(17)28-19(21)20-29(22,23)14-7-5-13(25-2)6-8-14/h5-10H,11-12H2,1-4H3/b20-19-. The number of thiazole rings is 1. The molecule has 0 bridgehead atoms. The molecule has 1 aromatic heterocycles. The van der Waals surface area contributed by atoms with Crippen LogP contribution in [-0.4, -0.2) is 48.0 Å². The van der Waals surface area contributed by atoms with Gasteiger partial charge in [0.15, 0.2) is 0 Å². The summed E-state index contributed by atoms with van der Waals surface area (Å²) in [5.41, 5.74) is 0.706. The van der Waals surface area contributed by atoms with Crippen LogP contribution in [-0.2, 0) is 21.3 Å². The second-order valence-corrected chi connectivity index (χ2v) is 8.50. The van der Waals surface area contributed by atoms with E-state index < -0.39 is 10.0 Å². The Morgan fingerprint density at radius 1 is 0.931 bits per heavy atom. The summed E-state index contributed by atoms with van der Waals surface area (Å²) in [6, 6.07) is 9.65. The third kappa shape index (κ3) is 4.24. The van der Waals surface area contributed by atoms with E-state index in [-0.39, 0.29) is 4.90 Å². The highest BCUT2D eigenvalue weighted by Crippen LogP contribution is 2.35. The maximum Gasteiger partial charge on any atom is 0.285 e. The van der Waals surface area contributed by atoms with E-state index in [0.717, 1.165) is 4.70 Å². The lowest BCUT2D eigenvalue weighted by Crippen LogP contribution is -2.19. The number of nitrogens with zero attached hydrogens (tertiary/aromatic N) is 2. The number of sulfonamides is 1. The van der Waals surface area contributed by atoms with Crippen LogP contribution >= 0.6 is 11.3 Å². The number of aromatic nitrogens is 1. The molecule has 8 nitrogen and oxygen atoms in total. The van der Waals surface area contributed by atoms with Gasteiger partial charge in [-0.15, -0.1) is 4.40 Å². The average molecular weight is 439 g/mol. The first kappa shape index (κ1) is 21.2. The van der Waals surface area contributed by atoms with Crippen LogP contribution < -0.4 is 19.0 Å². The van der Waals surface area contributed by atoms with E-state index in [1.54, 1.807) is 50.2 Å². The molecule has 0 saturated carbocycles. The molecule has 0 saturated heterocycles. The molecule has 2 aromatic carbocycles. The van der Waals surface area contributed by atoms with Gasteiger partial charge in [0, 0.05) is 13.7 Å². The lowest BCUT2D eigenvalue weighted by molar-refractivity contribution is 0.187. The molecule has 0 radical (unpaired) electrons. The highest BCUT2D eigenvalue weighted by molar-refractivity contribution is 7.90. The summed E-state index contributed by atoms with van der Waals surface area (Å²) in [5, 5.41) is 0. The van der Waals surface area contributed by atoms with Crippen molar-refractivity contribution in [2.45, 2.75) is 11.4 Å². The number of hydrogen-bond donors (Lipinski definition) is 0. The molecule has 10 heteroatoms. The molecule has 156 valence electrons. The normalized spacial score (nSPS) is 12.3. The first-order valence-electron chi connectivity index (χ1n) is 8.63. The van der Waals surface area contributed by atoms with Crippen LogP contribution in [0.15, 0.2) is 45.7 Å². The summed E-state index contributed by atoms with van der Waals surface area (Å²) in [5.74, 6) is 1.77. The van der Waals surface area contributed by atoms with Crippen molar-refractivity contribution in [2.75, 3.05) is 35.0 Å². The zero-order valence-electron chi connectivity index (χ0n) is 16.5. The molecule has 0 spiro atoms. The van der Waals surface area contributed by atoms with Crippen LogP contribution in [0, 0.1) is 0 Å². The third-order valence-corrected chi connectivity index (χ3v) is 6.76. The number of rotatable bonds is 8. The Labute approximate surface area is 173 Å². The van der Waals surface area contributed by atoms with Crippen LogP contribution in [0.1, 0.15) is 0 Å². The Morgan fingerprint density at radius 3 is 2.17 bits per heavy atom. The van der Waals surface area contributed by atoms with E-state index in [2.05, 4.69) is 4.40 Å². The fraction of sp³-hybridized carbons (Fsp3) is 0.316. The van der Waals surface area contributed by atoms with Gasteiger partial charge in [0.25, 0.3) is 10.0 Å². The van der Waals surface area contributed by atoms with Gasteiger partial charge in [-0.25, -0.2) is 0 Å². The number of ether oxygens (including phenoxy) is 4. The number of benzene rings is 2. The van der Waals surface area contributed by atoms with Gasteiger partial charge >= 0.3 is 0 Å². The molecule has 0 unspecified atom stereocenters. The minimum atomic E-state index is -3.94. The second kappa shape index (κ2) is 8.85. The summed E-state index contributed by atoms with van der Waals surface area (Å²) < 4.78 is 53.6. The van der Waals surface area contributed by atoms with Crippen molar-refractivity contribution in [3.8, 4) is 17.2 Å². The van der Waals surface area contributed by atoms with Crippen molar-refractivity contribution in [1.29, 1.82) is 0 Å². The molecule has 0 aliphatic carbocycles. The molecule has 0 aliphatic rings. The molecule has 3 aromatic rings. The quantitative estimate of drug-likeness (QED) is 0.537. The maximum atomic E-state index is 12.9. The Balaban J connectivity index is 2.26. The van der Waals surface area contributed by atoms with Gasteiger partial charge < -0.3 is 23.5 Å². The Kier molecular flexibility index (Phi) is 6.46. The molecular formula is C19H22N2O6S2. The van der Waals surface area contributed by atoms with Gasteiger partial charge in [-0.2, -0.15) is 8.42 Å². The zero-order valence-corrected chi connectivity index (χ0v) is 18.2. The van der Waals surface area contributed by atoms with Crippen molar-refractivity contribution in [3.05, 3.63) is 41.2 Å². The summed E-state index contributed by atoms with van der Waals surface area (Å²) in [6.07, 6.45) is 0. The van der Waals surface area contributed by atoms with Gasteiger partial charge in [0.2, 0.25) is 4.80 Å². The van der Waals surface area contributed by atoms with Crippen LogP contribution in [0.25, 0.3) is 10.2 Å². The fourth-order valence-electron chi connectivity index (χ4n) is 2.82. The van der Waals surface area contributed by atoms with Crippen molar-refractivity contribution in [3.63, 3.8) is 0 Å². The number of hydrogen-bond acceptors (Lipinski definition) is 7. The summed E-state index contributed by atoms with van der Waals surface area (Å²) in [7, 11) is 2.28. The minimum absolute atomic E-state index is 0.0768. The van der Waals surface area contributed by atoms with Gasteiger partial charge in [-0.1, -0.05) is 11.3 Å². The molecule has 0 atom stereocenters. The Morgan fingerprint density at radius 2 is 1.59 bits per heavy atom. The SMILES string of the molecule is COCCn1/c(=N/S(=O)(=O)c2ccc(OC)cc2)sc2c(OC)ccc(OC)c21. The molecule has 1 heterocycles. The Hall–Kier alpha value is -2.56. The summed E-state index contributed by atoms with van der Waals surface area (Å²) in [4.78, 5) is 0.378. The molecule has 29 heavy (non-hydrogen) atoms. The van der Waals surface area contributed by atoms with E-state index in [1.165, 1.54) is 30.6 Å². The zero-order chi connectivity index (χ0) is 21.0. The van der Waals surface area contributed by atoms with Crippen molar-refractivity contribution in [2.24, 2.45) is 4.40 Å². The van der Waals surface area contributed by atoms with Gasteiger partial charge in [0.1, 0.15) is 27.5 Å². The lowest BCUT2D eigenvalue weighted by atomic mass is 10.3. The lowest BCUT2D eigenvalue weighted by Gasteiger charge is -2.10. The molecule has 0 aliphatic heterocycles. The van der Waals surface area contributed by atoms with E-state index in [4.69, 9.17) is 18.9 Å². The largest absolute Gasteiger partial charge is 0.497 e. The highest BCUT2D eigenvalue weighted by atomic mass is 32.2. The van der Waals surface area contributed by atoms with Gasteiger partial charge in [-0.05, 0) is 36.4 Å². The van der Waals surface area contributed by atoms with Crippen LogP contribution in [0.3, 0.4) is 0 Å². The first-order chi connectivity index (χ1) is 13.9. The maximum absolute atomic E-state index is 12.9. The molecule has 0 fully saturated rings. The van der Waals surface area contributed by atoms with E-state index in [1.807, 2.05) is 0 Å². The summed E-state index contributed by atoms with van der Waals surface area (Å²) in [6.45, 7) is 0.777. The monoisotopic (exact) mass is 438 g/mol. The van der Waals surface area contributed by atoms with Crippen molar-refractivity contribution < 1.29 is 27.4 Å². The average Bonchev–Trinajstić information content (AvgIpc) is 3.08. The van der Waals surface area contributed by atoms with Crippen molar-refractivity contribution >= 4 is 31.6 Å². The minimum Gasteiger partial charge on any atom is -0.497 e. The Bertz CT molecular complexity index is 1160. The van der Waals surface area contributed by atoms with Crippen molar-refractivity contribution in [1.82, 2.24) is 4.57 Å². The van der Waals surface area contributed by atoms with E-state index >= 15 is 0 Å². The second-order valence-electron chi connectivity index (χ2n) is 5.92. The predicted molar refractivity (Wildman–Crippen MR) is 111 cm³/mol. The predicted octanol–water partition coefficient (Wildman–Crippen LogP) is 2.66. The number of methoxy groups -OCH3 is 4. The summed E-state index contributed by atoms with van der Waals surface area (Å²) >= 11 is 1.22. The molecule has 3 rings (SSSR count). The van der Waals surface area contributed by atoms with Crippen LogP contribution in [0.5, 0.6) is 17.2 Å². The van der Waals surface area contributed by atoms with E-state index in [9.17, 15) is 8.42 Å². The third-order valence-electron chi connectivity index (χ3n) is 4.27. The number of fused-ring (bicyclic) bond motifs is 1. The fourth-order valence-corrected chi connectivity index (χ4v) is 5.19. The van der Waals surface area contributed by atoms with Gasteiger partial charge in [0.05, 0.1) is 32.8 Å². The van der Waals surface area contributed by atoms with Crippen LogP contribution in [0.2, 0.25) is 0 Å². The van der Waals surface area contributed by atoms with Gasteiger partial charge in [-0.3, -0.25) is 0 Å². The molecule has 0 N–H and O–H groups in total. The molecule has 0 amide bonds. The highest BCUT2D eigenvalue weighted by Gasteiger charge is 2.19. The molecular weight excluding hydrogens is 416 g/mol. The van der Waals surface area contributed by atoms with Crippen LogP contribution in [0.4, 0.5) is 0 Å². The first-order valence-corrected chi connectivity index (χ1v) is 10.9. The smallest absolute Gasteiger partial charge is 0.285 e. The van der Waals surface area contributed by atoms with E-state index in [0.29, 0.717) is 40.7 Å². The topological polar surface area (TPSA) is 88.4 Å².